The zero-order valence-electron chi connectivity index (χ0n) is 14.5. The highest BCUT2D eigenvalue weighted by Gasteiger charge is 2.45. The molecular weight excluding hydrogens is 394 g/mol. The number of carbonyl (C=O) groups excluding carboxylic acids is 1. The molecule has 0 aliphatic heterocycles. The molecule has 0 spiro atoms. The van der Waals surface area contributed by atoms with Crippen LogP contribution in [0.4, 0.5) is 4.39 Å². The second-order valence-corrected chi connectivity index (χ2v) is 7.48. The van der Waals surface area contributed by atoms with Crippen LogP contribution in [-0.2, 0) is 16.6 Å². The molecule has 7 heteroatoms. The molecule has 2 aromatic carbocycles. The summed E-state index contributed by atoms with van der Waals surface area (Å²) < 4.78 is 18.8. The van der Waals surface area contributed by atoms with Crippen molar-refractivity contribution in [1.29, 1.82) is 0 Å². The second kappa shape index (κ2) is 7.49. The summed E-state index contributed by atoms with van der Waals surface area (Å²) >= 11 is 12.6. The molecule has 0 amide bonds. The number of aliphatic carboxylic acids is 1. The number of ether oxygens (including phenoxy) is 1. The van der Waals surface area contributed by atoms with Crippen molar-refractivity contribution < 1.29 is 23.8 Å². The number of rotatable bonds is 6. The van der Waals surface area contributed by atoms with Crippen molar-refractivity contribution in [1.82, 2.24) is 0 Å². The SMILES string of the molecule is CC1(c2ccc(F)cc2)Cc2cc(OCCCC(=O)O)c(Cl)c(Cl)c2C1=O. The first-order chi connectivity index (χ1) is 12.7. The zero-order chi connectivity index (χ0) is 19.8. The van der Waals surface area contributed by atoms with E-state index in [0.717, 1.165) is 0 Å². The van der Waals surface area contributed by atoms with E-state index in [0.29, 0.717) is 35.3 Å². The van der Waals surface area contributed by atoms with Crippen LogP contribution in [0, 0.1) is 5.82 Å². The molecule has 0 fully saturated rings. The van der Waals surface area contributed by atoms with Gasteiger partial charge >= 0.3 is 5.97 Å². The maximum atomic E-state index is 13.2. The molecule has 3 rings (SSSR count). The summed E-state index contributed by atoms with van der Waals surface area (Å²) in [6, 6.07) is 7.51. The van der Waals surface area contributed by atoms with E-state index in [4.69, 9.17) is 33.0 Å². The first-order valence-corrected chi connectivity index (χ1v) is 9.16. The van der Waals surface area contributed by atoms with Crippen LogP contribution >= 0.6 is 23.2 Å². The van der Waals surface area contributed by atoms with Gasteiger partial charge in [0.1, 0.15) is 16.6 Å². The van der Waals surface area contributed by atoms with E-state index in [1.54, 1.807) is 25.1 Å². The van der Waals surface area contributed by atoms with Gasteiger partial charge in [-0.05, 0) is 49.1 Å². The van der Waals surface area contributed by atoms with Crippen LogP contribution in [0.3, 0.4) is 0 Å². The summed E-state index contributed by atoms with van der Waals surface area (Å²) in [5, 5.41) is 8.94. The summed E-state index contributed by atoms with van der Waals surface area (Å²) in [6.45, 7) is 1.96. The molecule has 0 radical (unpaired) electrons. The number of hydrogen-bond acceptors (Lipinski definition) is 3. The van der Waals surface area contributed by atoms with Crippen LogP contribution in [0.1, 0.15) is 41.3 Å². The highest BCUT2D eigenvalue weighted by atomic mass is 35.5. The standard InChI is InChI=1S/C20H17Cl2FO4/c1-20(12-4-6-13(23)7-5-12)10-11-9-14(27-8-2-3-15(24)25)17(21)18(22)16(11)19(20)26/h4-7,9H,2-3,8,10H2,1H3,(H,24,25). The van der Waals surface area contributed by atoms with E-state index in [-0.39, 0.29) is 34.7 Å². The zero-order valence-corrected chi connectivity index (χ0v) is 16.0. The lowest BCUT2D eigenvalue weighted by atomic mass is 9.79. The Hall–Kier alpha value is -2.11. The predicted octanol–water partition coefficient (Wildman–Crippen LogP) is 5.07. The summed E-state index contributed by atoms with van der Waals surface area (Å²) in [6.07, 6.45) is 0.694. The quantitative estimate of drug-likeness (QED) is 0.674. The Balaban J connectivity index is 1.90. The minimum absolute atomic E-state index is 0.0165. The van der Waals surface area contributed by atoms with Crippen molar-refractivity contribution in [3.8, 4) is 5.75 Å². The van der Waals surface area contributed by atoms with Crippen LogP contribution < -0.4 is 4.74 Å². The molecule has 1 unspecified atom stereocenters. The summed E-state index contributed by atoms with van der Waals surface area (Å²) in [7, 11) is 0. The molecule has 2 aromatic rings. The third kappa shape index (κ3) is 3.66. The van der Waals surface area contributed by atoms with Gasteiger partial charge in [0.2, 0.25) is 0 Å². The fourth-order valence-corrected chi connectivity index (χ4v) is 3.84. The van der Waals surface area contributed by atoms with E-state index in [1.165, 1.54) is 12.1 Å². The van der Waals surface area contributed by atoms with Gasteiger partial charge in [0.15, 0.2) is 5.78 Å². The maximum Gasteiger partial charge on any atom is 0.303 e. The van der Waals surface area contributed by atoms with Crippen LogP contribution in [0.2, 0.25) is 10.0 Å². The Morgan fingerprint density at radius 3 is 2.56 bits per heavy atom. The predicted molar refractivity (Wildman–Crippen MR) is 101 cm³/mol. The number of carbonyl (C=O) groups is 2. The lowest BCUT2D eigenvalue weighted by molar-refractivity contribution is -0.137. The number of Topliss-reactive ketones (excluding diaryl/α,β-unsaturated/α-hetero) is 1. The molecule has 1 aliphatic rings. The number of fused-ring (bicyclic) bond motifs is 1. The molecule has 1 atom stereocenters. The van der Waals surface area contributed by atoms with Gasteiger partial charge in [-0.25, -0.2) is 4.39 Å². The third-order valence-electron chi connectivity index (χ3n) is 4.80. The number of benzene rings is 2. The lowest BCUT2D eigenvalue weighted by Crippen LogP contribution is -2.29. The molecule has 27 heavy (non-hydrogen) atoms. The molecular formula is C20H17Cl2FO4. The number of hydrogen-bond donors (Lipinski definition) is 1. The molecule has 4 nitrogen and oxygen atoms in total. The monoisotopic (exact) mass is 410 g/mol. The fourth-order valence-electron chi connectivity index (χ4n) is 3.34. The molecule has 1 N–H and O–H groups in total. The van der Waals surface area contributed by atoms with Gasteiger partial charge in [0.05, 0.1) is 17.0 Å². The average molecular weight is 411 g/mol. The number of carboxylic acid groups (broad SMARTS) is 1. The van der Waals surface area contributed by atoms with E-state index in [9.17, 15) is 14.0 Å². The normalized spacial score (nSPS) is 18.4. The summed E-state index contributed by atoms with van der Waals surface area (Å²) in [4.78, 5) is 23.7. The lowest BCUT2D eigenvalue weighted by Gasteiger charge is -2.22. The van der Waals surface area contributed by atoms with Crippen molar-refractivity contribution in [2.75, 3.05) is 6.61 Å². The van der Waals surface area contributed by atoms with Crippen LogP contribution in [0.5, 0.6) is 5.75 Å². The van der Waals surface area contributed by atoms with Crippen molar-refractivity contribution >= 4 is 35.0 Å². The number of halogens is 3. The van der Waals surface area contributed by atoms with Gasteiger partial charge in [0.25, 0.3) is 0 Å². The molecule has 0 bridgehead atoms. The van der Waals surface area contributed by atoms with E-state index >= 15 is 0 Å². The number of carboxylic acids is 1. The van der Waals surface area contributed by atoms with Crippen molar-refractivity contribution in [3.05, 3.63) is 62.9 Å². The Bertz CT molecular complexity index is 911. The maximum absolute atomic E-state index is 13.2. The fraction of sp³-hybridized carbons (Fsp3) is 0.300. The van der Waals surface area contributed by atoms with Gasteiger partial charge in [-0.15, -0.1) is 0 Å². The van der Waals surface area contributed by atoms with Crippen molar-refractivity contribution in [3.63, 3.8) is 0 Å². The van der Waals surface area contributed by atoms with E-state index in [1.807, 2.05) is 0 Å². The van der Waals surface area contributed by atoms with Gasteiger partial charge in [-0.1, -0.05) is 35.3 Å². The minimum atomic E-state index is -0.905. The molecule has 1 aliphatic carbocycles. The van der Waals surface area contributed by atoms with Gasteiger partial charge in [-0.3, -0.25) is 9.59 Å². The van der Waals surface area contributed by atoms with Crippen LogP contribution in [0.25, 0.3) is 0 Å². The Labute approximate surface area is 165 Å². The molecule has 0 heterocycles. The average Bonchev–Trinajstić information content (AvgIpc) is 2.88. The first kappa shape index (κ1) is 19.6. The molecule has 0 saturated heterocycles. The summed E-state index contributed by atoms with van der Waals surface area (Å²) in [5.41, 5.74) is 0.882. The summed E-state index contributed by atoms with van der Waals surface area (Å²) in [5.74, 6) is -1.13. The third-order valence-corrected chi connectivity index (χ3v) is 5.65. The molecule has 0 saturated carbocycles. The second-order valence-electron chi connectivity index (χ2n) is 6.73. The van der Waals surface area contributed by atoms with E-state index < -0.39 is 11.4 Å². The topological polar surface area (TPSA) is 63.6 Å². The highest BCUT2D eigenvalue weighted by Crippen LogP contribution is 2.47. The van der Waals surface area contributed by atoms with Gasteiger partial charge in [0, 0.05) is 12.0 Å². The smallest absolute Gasteiger partial charge is 0.303 e. The largest absolute Gasteiger partial charge is 0.492 e. The Morgan fingerprint density at radius 1 is 1.26 bits per heavy atom. The van der Waals surface area contributed by atoms with Gasteiger partial charge < -0.3 is 9.84 Å². The van der Waals surface area contributed by atoms with Crippen molar-refractivity contribution in [2.24, 2.45) is 0 Å². The van der Waals surface area contributed by atoms with E-state index in [2.05, 4.69) is 0 Å². The van der Waals surface area contributed by atoms with Crippen LogP contribution in [0.15, 0.2) is 30.3 Å². The Morgan fingerprint density at radius 2 is 1.93 bits per heavy atom. The van der Waals surface area contributed by atoms with Gasteiger partial charge in [-0.2, -0.15) is 0 Å². The minimum Gasteiger partial charge on any atom is -0.492 e. The highest BCUT2D eigenvalue weighted by molar-refractivity contribution is 6.45. The molecule has 0 aromatic heterocycles. The Kier molecular flexibility index (Phi) is 5.45. The van der Waals surface area contributed by atoms with Crippen molar-refractivity contribution in [2.45, 2.75) is 31.6 Å². The molecule has 142 valence electrons. The first-order valence-electron chi connectivity index (χ1n) is 8.40. The van der Waals surface area contributed by atoms with Crippen LogP contribution in [-0.4, -0.2) is 23.5 Å². The number of ketones is 1.